The second-order valence-corrected chi connectivity index (χ2v) is 6.20. The average Bonchev–Trinajstić information content (AvgIpc) is 2.47. The fourth-order valence-electron chi connectivity index (χ4n) is 2.22. The maximum absolute atomic E-state index is 11.8. The van der Waals surface area contributed by atoms with Crippen LogP contribution in [0, 0.1) is 0 Å². The lowest BCUT2D eigenvalue weighted by Crippen LogP contribution is -2.37. The molecule has 0 unspecified atom stereocenters. The van der Waals surface area contributed by atoms with Crippen LogP contribution in [0.1, 0.15) is 42.6 Å². The number of amides is 1. The highest BCUT2D eigenvalue weighted by Crippen LogP contribution is 2.20. The number of aromatic carboxylic acids is 1. The molecule has 1 aliphatic carbocycles. The molecule has 1 amide bonds. The summed E-state index contributed by atoms with van der Waals surface area (Å²) in [5, 5.41) is 12.1. The Hall–Kier alpha value is -1.34. The molecule has 0 saturated heterocycles. The van der Waals surface area contributed by atoms with Crippen LogP contribution in [0.4, 0.5) is 0 Å². The number of carbonyl (C=O) groups excluding carboxylic acids is 1. The highest BCUT2D eigenvalue weighted by Gasteiger charge is 2.17. The third kappa shape index (κ3) is 4.86. The lowest BCUT2D eigenvalue weighted by atomic mass is 9.95. The van der Waals surface area contributed by atoms with Crippen molar-refractivity contribution in [3.63, 3.8) is 0 Å². The third-order valence-corrected chi connectivity index (χ3v) is 4.37. The Morgan fingerprint density at radius 2 is 2.10 bits per heavy atom. The van der Waals surface area contributed by atoms with Crippen molar-refractivity contribution in [1.29, 1.82) is 0 Å². The molecule has 21 heavy (non-hydrogen) atoms. The smallest absolute Gasteiger partial charge is 0.356 e. The molecule has 8 heteroatoms. The molecule has 1 heterocycles. The quantitative estimate of drug-likeness (QED) is 0.636. The SMILES string of the molecule is O=C(CSc1ncc(Cl)c(C(=O)O)n1)NC1CCCCC1. The molecule has 0 aromatic carbocycles. The van der Waals surface area contributed by atoms with E-state index in [0.29, 0.717) is 0 Å². The molecule has 1 aromatic rings. The zero-order chi connectivity index (χ0) is 15.2. The minimum atomic E-state index is -1.21. The van der Waals surface area contributed by atoms with Crippen molar-refractivity contribution in [2.24, 2.45) is 0 Å². The van der Waals surface area contributed by atoms with Gasteiger partial charge in [-0.3, -0.25) is 4.79 Å². The number of nitrogens with zero attached hydrogens (tertiary/aromatic N) is 2. The van der Waals surface area contributed by atoms with E-state index in [9.17, 15) is 9.59 Å². The number of rotatable bonds is 5. The lowest BCUT2D eigenvalue weighted by molar-refractivity contribution is -0.119. The Labute approximate surface area is 131 Å². The molecule has 1 fully saturated rings. The van der Waals surface area contributed by atoms with E-state index in [0.717, 1.165) is 37.4 Å². The van der Waals surface area contributed by atoms with E-state index in [1.165, 1.54) is 12.6 Å². The molecular formula is C13H16ClN3O3S. The summed E-state index contributed by atoms with van der Waals surface area (Å²) in [4.78, 5) is 30.5. The number of nitrogens with one attached hydrogen (secondary N) is 1. The topological polar surface area (TPSA) is 92.2 Å². The molecule has 0 radical (unpaired) electrons. The van der Waals surface area contributed by atoms with Gasteiger partial charge in [-0.05, 0) is 12.8 Å². The van der Waals surface area contributed by atoms with Crippen LogP contribution in [-0.2, 0) is 4.79 Å². The Balaban J connectivity index is 1.86. The second kappa shape index (κ2) is 7.61. The Bertz CT molecular complexity index is 535. The highest BCUT2D eigenvalue weighted by molar-refractivity contribution is 7.99. The minimum absolute atomic E-state index is 0.0153. The summed E-state index contributed by atoms with van der Waals surface area (Å²) in [6.45, 7) is 0. The van der Waals surface area contributed by atoms with Gasteiger partial charge in [-0.25, -0.2) is 14.8 Å². The van der Waals surface area contributed by atoms with Gasteiger partial charge in [0.15, 0.2) is 10.9 Å². The molecule has 0 bridgehead atoms. The minimum Gasteiger partial charge on any atom is -0.476 e. The van der Waals surface area contributed by atoms with Gasteiger partial charge in [-0.2, -0.15) is 0 Å². The van der Waals surface area contributed by atoms with Crippen molar-refractivity contribution < 1.29 is 14.7 Å². The van der Waals surface area contributed by atoms with Gasteiger partial charge in [0, 0.05) is 6.04 Å². The van der Waals surface area contributed by atoms with Crippen molar-refractivity contribution >= 4 is 35.2 Å². The van der Waals surface area contributed by atoms with Crippen LogP contribution in [0.2, 0.25) is 5.02 Å². The lowest BCUT2D eigenvalue weighted by Gasteiger charge is -2.22. The Kier molecular flexibility index (Phi) is 5.81. The molecule has 1 aromatic heterocycles. The number of hydrogen-bond donors (Lipinski definition) is 2. The molecule has 0 aliphatic heterocycles. The van der Waals surface area contributed by atoms with E-state index in [4.69, 9.17) is 16.7 Å². The Morgan fingerprint density at radius 1 is 1.38 bits per heavy atom. The van der Waals surface area contributed by atoms with Crippen molar-refractivity contribution in [2.75, 3.05) is 5.75 Å². The maximum Gasteiger partial charge on any atom is 0.356 e. The van der Waals surface area contributed by atoms with Crippen molar-refractivity contribution in [2.45, 2.75) is 43.3 Å². The van der Waals surface area contributed by atoms with Gasteiger partial charge in [0.2, 0.25) is 5.91 Å². The summed E-state index contributed by atoms with van der Waals surface area (Å²) in [5.74, 6) is -1.13. The molecule has 0 atom stereocenters. The second-order valence-electron chi connectivity index (χ2n) is 4.85. The maximum atomic E-state index is 11.8. The normalized spacial score (nSPS) is 15.7. The standard InChI is InChI=1S/C13H16ClN3O3S/c14-9-6-15-13(17-11(9)12(19)20)21-7-10(18)16-8-4-2-1-3-5-8/h6,8H,1-5,7H2,(H,16,18)(H,19,20). The van der Waals surface area contributed by atoms with Crippen LogP contribution >= 0.6 is 23.4 Å². The van der Waals surface area contributed by atoms with Crippen LogP contribution < -0.4 is 5.32 Å². The van der Waals surface area contributed by atoms with Gasteiger partial charge in [-0.15, -0.1) is 0 Å². The summed E-state index contributed by atoms with van der Waals surface area (Å²) in [7, 11) is 0. The molecule has 0 spiro atoms. The van der Waals surface area contributed by atoms with Gasteiger partial charge in [0.1, 0.15) is 0 Å². The molecule has 114 valence electrons. The van der Waals surface area contributed by atoms with Crippen molar-refractivity contribution in [3.8, 4) is 0 Å². The van der Waals surface area contributed by atoms with Gasteiger partial charge in [0.05, 0.1) is 17.0 Å². The highest BCUT2D eigenvalue weighted by atomic mass is 35.5. The summed E-state index contributed by atoms with van der Waals surface area (Å²) in [6, 6.07) is 0.257. The first-order chi connectivity index (χ1) is 10.1. The zero-order valence-electron chi connectivity index (χ0n) is 11.3. The summed E-state index contributed by atoms with van der Waals surface area (Å²) in [6.07, 6.45) is 6.83. The molecule has 2 N–H and O–H groups in total. The molecule has 1 saturated carbocycles. The van der Waals surface area contributed by atoms with Gasteiger partial charge < -0.3 is 10.4 Å². The fraction of sp³-hybridized carbons (Fsp3) is 0.538. The van der Waals surface area contributed by atoms with Crippen LogP contribution in [0.25, 0.3) is 0 Å². The number of carbonyl (C=O) groups is 2. The van der Waals surface area contributed by atoms with Crippen LogP contribution in [-0.4, -0.2) is 38.7 Å². The van der Waals surface area contributed by atoms with Crippen molar-refractivity contribution in [1.82, 2.24) is 15.3 Å². The van der Waals surface area contributed by atoms with Crippen molar-refractivity contribution in [3.05, 3.63) is 16.9 Å². The number of aromatic nitrogens is 2. The first kappa shape index (κ1) is 16.0. The first-order valence-electron chi connectivity index (χ1n) is 6.74. The molecule has 1 aliphatic rings. The predicted molar refractivity (Wildman–Crippen MR) is 79.7 cm³/mol. The zero-order valence-corrected chi connectivity index (χ0v) is 12.9. The summed E-state index contributed by atoms with van der Waals surface area (Å²) in [5.41, 5.74) is -0.248. The molecule has 6 nitrogen and oxygen atoms in total. The first-order valence-corrected chi connectivity index (χ1v) is 8.10. The Morgan fingerprint density at radius 3 is 2.76 bits per heavy atom. The number of hydrogen-bond acceptors (Lipinski definition) is 5. The summed E-state index contributed by atoms with van der Waals surface area (Å²) >= 11 is 6.79. The van der Waals surface area contributed by atoms with E-state index >= 15 is 0 Å². The van der Waals surface area contributed by atoms with Crippen LogP contribution in [0.15, 0.2) is 11.4 Å². The van der Waals surface area contributed by atoms with E-state index in [-0.39, 0.29) is 33.6 Å². The van der Waals surface area contributed by atoms with E-state index in [1.807, 2.05) is 0 Å². The monoisotopic (exact) mass is 329 g/mol. The summed E-state index contributed by atoms with van der Waals surface area (Å²) < 4.78 is 0. The van der Waals surface area contributed by atoms with E-state index in [2.05, 4.69) is 15.3 Å². The van der Waals surface area contributed by atoms with Gasteiger partial charge in [-0.1, -0.05) is 42.6 Å². The molecular weight excluding hydrogens is 314 g/mol. The number of carboxylic acids is 1. The van der Waals surface area contributed by atoms with E-state index < -0.39 is 5.97 Å². The van der Waals surface area contributed by atoms with Crippen LogP contribution in [0.5, 0.6) is 0 Å². The largest absolute Gasteiger partial charge is 0.476 e. The molecule has 2 rings (SSSR count). The number of halogens is 1. The van der Waals surface area contributed by atoms with Gasteiger partial charge in [0.25, 0.3) is 0 Å². The predicted octanol–water partition coefficient (Wildman–Crippen LogP) is 2.37. The number of thioether (sulfide) groups is 1. The fourth-order valence-corrected chi connectivity index (χ4v) is 3.02. The third-order valence-electron chi connectivity index (χ3n) is 3.23. The van der Waals surface area contributed by atoms with Gasteiger partial charge >= 0.3 is 5.97 Å². The van der Waals surface area contributed by atoms with Crippen LogP contribution in [0.3, 0.4) is 0 Å². The number of carboxylic acid groups (broad SMARTS) is 1. The average molecular weight is 330 g/mol. The van der Waals surface area contributed by atoms with E-state index in [1.54, 1.807) is 0 Å².